The lowest BCUT2D eigenvalue weighted by atomic mass is 10.1. The zero-order valence-corrected chi connectivity index (χ0v) is 11.6. The van der Waals surface area contributed by atoms with E-state index in [0.717, 1.165) is 23.6 Å². The van der Waals surface area contributed by atoms with Gasteiger partial charge in [-0.15, -0.1) is 5.54 Å². The van der Waals surface area contributed by atoms with Crippen LogP contribution >= 0.6 is 0 Å². The summed E-state index contributed by atoms with van der Waals surface area (Å²) in [6.07, 6.45) is 0. The number of benzene rings is 1. The molecule has 0 unspecified atom stereocenters. The van der Waals surface area contributed by atoms with Crippen LogP contribution in [0, 0.1) is 11.5 Å². The molecule has 2 nitrogen and oxygen atoms in total. The molecule has 0 N–H and O–H groups in total. The predicted molar refractivity (Wildman–Crippen MR) is 74.0 cm³/mol. The summed E-state index contributed by atoms with van der Waals surface area (Å²) < 4.78 is 5.41. The number of hydrogen-bond donors (Lipinski definition) is 0. The van der Waals surface area contributed by atoms with E-state index in [4.69, 9.17) is 4.74 Å². The monoisotopic (exact) mass is 243 g/mol. The lowest BCUT2D eigenvalue weighted by molar-refractivity contribution is 0.348. The average molecular weight is 243 g/mol. The van der Waals surface area contributed by atoms with Crippen molar-refractivity contribution in [2.24, 2.45) is 4.99 Å². The van der Waals surface area contributed by atoms with Gasteiger partial charge in [-0.1, -0.05) is 25.6 Å². The maximum atomic E-state index is 5.41. The van der Waals surface area contributed by atoms with Gasteiger partial charge in [0.05, 0.1) is 6.54 Å². The highest BCUT2D eigenvalue weighted by Gasteiger charge is 2.10. The molecule has 0 atom stereocenters. The third kappa shape index (κ3) is 3.47. The first kappa shape index (κ1) is 11.9. The van der Waals surface area contributed by atoms with Gasteiger partial charge < -0.3 is 4.74 Å². The van der Waals surface area contributed by atoms with Gasteiger partial charge in [0, 0.05) is 11.1 Å². The summed E-state index contributed by atoms with van der Waals surface area (Å²) in [4.78, 5) is 4.29. The van der Waals surface area contributed by atoms with Crippen LogP contribution in [0.3, 0.4) is 0 Å². The molecule has 0 saturated heterocycles. The fourth-order valence-electron chi connectivity index (χ4n) is 1.47. The molecule has 0 aromatic heterocycles. The molecule has 17 heavy (non-hydrogen) atoms. The van der Waals surface area contributed by atoms with Crippen LogP contribution < -0.4 is 0 Å². The van der Waals surface area contributed by atoms with Gasteiger partial charge in [-0.25, -0.2) is 4.99 Å². The third-order valence-corrected chi connectivity index (χ3v) is 3.17. The fraction of sp³-hybridized carbons (Fsp3) is 0.357. The van der Waals surface area contributed by atoms with E-state index >= 15 is 0 Å². The Labute approximate surface area is 104 Å². The number of nitrogens with zero attached hydrogens (tertiary/aromatic N) is 1. The Morgan fingerprint density at radius 1 is 1.18 bits per heavy atom. The largest absolute Gasteiger partial charge is 0.476 e. The lowest BCUT2D eigenvalue weighted by Gasteiger charge is -2.04. The summed E-state index contributed by atoms with van der Waals surface area (Å²) in [5.74, 6) is 3.99. The quantitative estimate of drug-likeness (QED) is 0.549. The minimum atomic E-state index is -1.29. The second-order valence-corrected chi connectivity index (χ2v) is 9.86. The van der Waals surface area contributed by atoms with Crippen LogP contribution in [-0.4, -0.2) is 27.1 Å². The number of aliphatic imine (C=N–C) groups is 1. The van der Waals surface area contributed by atoms with Crippen molar-refractivity contribution in [3.05, 3.63) is 35.4 Å². The summed E-state index contributed by atoms with van der Waals surface area (Å²) >= 11 is 0. The molecule has 0 radical (unpaired) electrons. The Morgan fingerprint density at radius 2 is 1.88 bits per heavy atom. The molecule has 1 aromatic carbocycles. The van der Waals surface area contributed by atoms with Crippen molar-refractivity contribution >= 4 is 14.0 Å². The van der Waals surface area contributed by atoms with Crippen LogP contribution in [0.1, 0.15) is 11.1 Å². The number of rotatable bonds is 1. The summed E-state index contributed by atoms with van der Waals surface area (Å²) in [6, 6.07) is 8.12. The second kappa shape index (κ2) is 4.76. The first-order valence-corrected chi connectivity index (χ1v) is 9.35. The second-order valence-electron chi connectivity index (χ2n) is 5.11. The smallest absolute Gasteiger partial charge is 0.216 e. The van der Waals surface area contributed by atoms with Gasteiger partial charge in [-0.05, 0) is 24.3 Å². The molecular formula is C14H17NOSi. The van der Waals surface area contributed by atoms with Crippen molar-refractivity contribution in [2.75, 3.05) is 13.2 Å². The molecule has 0 bridgehead atoms. The van der Waals surface area contributed by atoms with Crippen molar-refractivity contribution in [3.63, 3.8) is 0 Å². The lowest BCUT2D eigenvalue weighted by Crippen LogP contribution is -2.16. The molecule has 2 rings (SSSR count). The van der Waals surface area contributed by atoms with Crippen LogP contribution in [0.5, 0.6) is 0 Å². The van der Waals surface area contributed by atoms with Gasteiger partial charge in [-0.3, -0.25) is 0 Å². The van der Waals surface area contributed by atoms with E-state index in [0.29, 0.717) is 6.61 Å². The zero-order valence-electron chi connectivity index (χ0n) is 10.6. The molecule has 0 saturated carbocycles. The van der Waals surface area contributed by atoms with E-state index in [1.165, 1.54) is 0 Å². The standard InChI is InChI=1S/C14H17NOSi/c1-17(2,3)11-8-12-4-6-13(7-5-12)14-15-9-10-16-14/h4-7H,9-10H2,1-3H3. The molecule has 0 aliphatic carbocycles. The number of hydrogen-bond acceptors (Lipinski definition) is 2. The summed E-state index contributed by atoms with van der Waals surface area (Å²) in [6.45, 7) is 8.21. The van der Waals surface area contributed by atoms with Crippen LogP contribution in [-0.2, 0) is 4.74 Å². The first-order valence-electron chi connectivity index (χ1n) is 5.85. The Kier molecular flexibility index (Phi) is 3.35. The van der Waals surface area contributed by atoms with Crippen LogP contribution in [0.25, 0.3) is 0 Å². The molecule has 0 spiro atoms. The average Bonchev–Trinajstić information content (AvgIpc) is 2.79. The van der Waals surface area contributed by atoms with Gasteiger partial charge in [0.15, 0.2) is 0 Å². The Bertz CT molecular complexity index is 486. The van der Waals surface area contributed by atoms with Crippen LogP contribution in [0.2, 0.25) is 19.6 Å². The van der Waals surface area contributed by atoms with Crippen molar-refractivity contribution in [3.8, 4) is 11.5 Å². The van der Waals surface area contributed by atoms with Crippen LogP contribution in [0.15, 0.2) is 29.3 Å². The third-order valence-electron chi connectivity index (χ3n) is 2.30. The number of ether oxygens (including phenoxy) is 1. The van der Waals surface area contributed by atoms with E-state index < -0.39 is 8.07 Å². The Balaban J connectivity index is 2.15. The van der Waals surface area contributed by atoms with Crippen molar-refractivity contribution in [1.29, 1.82) is 0 Å². The van der Waals surface area contributed by atoms with E-state index in [-0.39, 0.29) is 0 Å². The highest BCUT2D eigenvalue weighted by Crippen LogP contribution is 2.09. The maximum Gasteiger partial charge on any atom is 0.216 e. The summed E-state index contributed by atoms with van der Waals surface area (Å²) in [5, 5.41) is 0. The van der Waals surface area contributed by atoms with E-state index in [9.17, 15) is 0 Å². The van der Waals surface area contributed by atoms with Gasteiger partial charge in [0.2, 0.25) is 5.90 Å². The fourth-order valence-corrected chi connectivity index (χ4v) is 1.98. The highest BCUT2D eigenvalue weighted by molar-refractivity contribution is 6.83. The molecule has 1 aromatic rings. The molecule has 0 fully saturated rings. The SMILES string of the molecule is C[Si](C)(C)C#Cc1ccc(C2=NCCO2)cc1. The van der Waals surface area contributed by atoms with Gasteiger partial charge in [0.1, 0.15) is 14.7 Å². The van der Waals surface area contributed by atoms with Crippen LogP contribution in [0.4, 0.5) is 0 Å². The summed E-state index contributed by atoms with van der Waals surface area (Å²) in [5.41, 5.74) is 5.46. The topological polar surface area (TPSA) is 21.6 Å². The molecule has 3 heteroatoms. The minimum absolute atomic E-state index is 0.701. The van der Waals surface area contributed by atoms with E-state index in [1.54, 1.807) is 0 Å². The van der Waals surface area contributed by atoms with E-state index in [2.05, 4.69) is 36.1 Å². The summed E-state index contributed by atoms with van der Waals surface area (Å²) in [7, 11) is -1.29. The highest BCUT2D eigenvalue weighted by atomic mass is 28.3. The van der Waals surface area contributed by atoms with Crippen molar-refractivity contribution in [1.82, 2.24) is 0 Å². The Hall–Kier alpha value is -1.53. The predicted octanol–water partition coefficient (Wildman–Crippen LogP) is 2.69. The van der Waals surface area contributed by atoms with Crippen molar-refractivity contribution in [2.45, 2.75) is 19.6 Å². The molecular weight excluding hydrogens is 226 g/mol. The van der Waals surface area contributed by atoms with Gasteiger partial charge in [-0.2, -0.15) is 0 Å². The minimum Gasteiger partial charge on any atom is -0.476 e. The molecule has 1 aliphatic rings. The molecule has 1 heterocycles. The van der Waals surface area contributed by atoms with Crippen molar-refractivity contribution < 1.29 is 4.74 Å². The van der Waals surface area contributed by atoms with Gasteiger partial charge >= 0.3 is 0 Å². The Morgan fingerprint density at radius 3 is 2.41 bits per heavy atom. The zero-order chi connectivity index (χ0) is 12.3. The van der Waals surface area contributed by atoms with E-state index in [1.807, 2.05) is 24.3 Å². The molecule has 0 amide bonds. The normalized spacial score (nSPS) is 14.6. The maximum absolute atomic E-state index is 5.41. The van der Waals surface area contributed by atoms with Gasteiger partial charge in [0.25, 0.3) is 0 Å². The first-order chi connectivity index (χ1) is 8.04. The molecule has 88 valence electrons. The molecule has 1 aliphatic heterocycles.